The summed E-state index contributed by atoms with van der Waals surface area (Å²) in [6.07, 6.45) is 0.982. The fourth-order valence-corrected chi connectivity index (χ4v) is 7.50. The number of nitrogens with zero attached hydrogens (tertiary/aromatic N) is 3. The molecular formula is C26H27FN4O6S. The van der Waals surface area contributed by atoms with E-state index >= 15 is 0 Å². The quantitative estimate of drug-likeness (QED) is 0.529. The van der Waals surface area contributed by atoms with Crippen molar-refractivity contribution in [1.82, 2.24) is 14.8 Å². The van der Waals surface area contributed by atoms with Gasteiger partial charge in [0.1, 0.15) is 23.1 Å². The minimum absolute atomic E-state index is 0.0195. The Balaban J connectivity index is 1.28. The first-order chi connectivity index (χ1) is 18.0. The topological polar surface area (TPSA) is 139 Å². The molecule has 200 valence electrons. The maximum Gasteiger partial charge on any atom is 0.270 e. The molecule has 1 N–H and O–H groups in total. The summed E-state index contributed by atoms with van der Waals surface area (Å²) in [4.78, 5) is 40.4. The molecule has 0 spiro atoms. The molecule has 2 aromatic rings. The highest BCUT2D eigenvalue weighted by atomic mass is 32.2. The lowest BCUT2D eigenvalue weighted by atomic mass is 9.92. The summed E-state index contributed by atoms with van der Waals surface area (Å²) in [5.41, 5.74) is -0.793. The van der Waals surface area contributed by atoms with Crippen molar-refractivity contribution in [2.45, 2.75) is 37.6 Å². The number of benzene rings is 1. The number of fused-ring (bicyclic) bond motifs is 1. The lowest BCUT2D eigenvalue weighted by Gasteiger charge is -2.39. The van der Waals surface area contributed by atoms with Crippen LogP contribution in [0.15, 0.2) is 35.1 Å². The first-order valence-electron chi connectivity index (χ1n) is 12.3. The third-order valence-electron chi connectivity index (χ3n) is 7.51. The van der Waals surface area contributed by atoms with Gasteiger partial charge in [0.05, 0.1) is 29.3 Å². The zero-order chi connectivity index (χ0) is 27.3. The number of nitrogens with one attached hydrogen (secondary N) is 1. The average Bonchev–Trinajstić information content (AvgIpc) is 3.65. The number of hydrogen-bond acceptors (Lipinski definition) is 7. The maximum absolute atomic E-state index is 13.8. The Morgan fingerprint density at radius 1 is 1.18 bits per heavy atom. The van der Waals surface area contributed by atoms with E-state index in [1.54, 1.807) is 6.07 Å². The predicted octanol–water partition coefficient (Wildman–Crippen LogP) is 1.23. The Morgan fingerprint density at radius 2 is 1.92 bits per heavy atom. The van der Waals surface area contributed by atoms with E-state index in [1.807, 2.05) is 6.92 Å². The average molecular weight is 543 g/mol. The van der Waals surface area contributed by atoms with Crippen molar-refractivity contribution in [3.8, 4) is 6.07 Å². The van der Waals surface area contributed by atoms with Crippen LogP contribution in [0.3, 0.4) is 0 Å². The van der Waals surface area contributed by atoms with Crippen LogP contribution in [-0.2, 0) is 27.7 Å². The summed E-state index contributed by atoms with van der Waals surface area (Å²) in [7, 11) is -3.46. The largest absolute Gasteiger partial charge is 0.380 e. The van der Waals surface area contributed by atoms with Crippen molar-refractivity contribution in [3.05, 3.63) is 68.9 Å². The first-order valence-corrected chi connectivity index (χ1v) is 13.9. The van der Waals surface area contributed by atoms with E-state index in [2.05, 4.69) is 5.32 Å². The summed E-state index contributed by atoms with van der Waals surface area (Å²) < 4.78 is 45.7. The molecule has 1 saturated carbocycles. The molecule has 12 heteroatoms. The number of nitriles is 1. The third-order valence-corrected chi connectivity index (χ3v) is 10.4. The van der Waals surface area contributed by atoms with E-state index in [0.717, 1.165) is 6.07 Å². The Labute approximate surface area is 218 Å². The molecule has 2 aliphatic heterocycles. The van der Waals surface area contributed by atoms with Gasteiger partial charge in [0, 0.05) is 31.6 Å². The van der Waals surface area contributed by atoms with Gasteiger partial charge in [-0.1, -0.05) is 13.0 Å². The van der Waals surface area contributed by atoms with Gasteiger partial charge in [0.15, 0.2) is 9.84 Å². The maximum atomic E-state index is 13.8. The highest BCUT2D eigenvalue weighted by Gasteiger charge is 2.58. The smallest absolute Gasteiger partial charge is 0.270 e. The molecule has 2 fully saturated rings. The van der Waals surface area contributed by atoms with Crippen LogP contribution in [0, 0.1) is 22.6 Å². The monoisotopic (exact) mass is 542 g/mol. The standard InChI is InChI=1S/C26H27FN4O6S/c1-25(14-37-15-25)16-38(35,36)26(6-7-26)13-30-8-9-31-21(24(30)34)5-4-19(23(31)33)22(32)29-12-17-2-3-18(11-28)20(27)10-17/h2-5,10H,6-9,12-16H2,1H3,(H,29,32). The van der Waals surface area contributed by atoms with Gasteiger partial charge in [0.2, 0.25) is 0 Å². The highest BCUT2D eigenvalue weighted by Crippen LogP contribution is 2.47. The normalized spacial score (nSPS) is 19.2. The van der Waals surface area contributed by atoms with Crippen LogP contribution < -0.4 is 10.9 Å². The van der Waals surface area contributed by atoms with Gasteiger partial charge in [0.25, 0.3) is 17.4 Å². The van der Waals surface area contributed by atoms with Crippen molar-refractivity contribution in [3.63, 3.8) is 0 Å². The van der Waals surface area contributed by atoms with Crippen molar-refractivity contribution in [2.24, 2.45) is 5.41 Å². The molecule has 3 aliphatic rings. The van der Waals surface area contributed by atoms with Crippen molar-refractivity contribution < 1.29 is 27.1 Å². The van der Waals surface area contributed by atoms with Gasteiger partial charge in [-0.15, -0.1) is 0 Å². The lowest BCUT2D eigenvalue weighted by molar-refractivity contribution is -0.0871. The molecular weight excluding hydrogens is 515 g/mol. The lowest BCUT2D eigenvalue weighted by Crippen LogP contribution is -2.52. The van der Waals surface area contributed by atoms with Gasteiger partial charge in [-0.3, -0.25) is 14.4 Å². The fourth-order valence-electron chi connectivity index (χ4n) is 5.03. The highest BCUT2D eigenvalue weighted by molar-refractivity contribution is 7.93. The number of halogens is 1. The molecule has 10 nitrogen and oxygen atoms in total. The Morgan fingerprint density at radius 3 is 2.53 bits per heavy atom. The van der Waals surface area contributed by atoms with Gasteiger partial charge < -0.3 is 19.5 Å². The summed E-state index contributed by atoms with van der Waals surface area (Å²) in [6.45, 7) is 2.99. The van der Waals surface area contributed by atoms with Crippen molar-refractivity contribution in [2.75, 3.05) is 32.1 Å². The zero-order valence-electron chi connectivity index (χ0n) is 20.8. The second-order valence-electron chi connectivity index (χ2n) is 10.7. The molecule has 38 heavy (non-hydrogen) atoms. The van der Waals surface area contributed by atoms with Crippen LogP contribution in [0.5, 0.6) is 0 Å². The SMILES string of the molecule is CC1(CS(=O)(=O)C2(CN3CCn4c(ccc(C(=O)NCc5ccc(C#N)c(F)c5)c4=O)C3=O)CC2)COC1. The minimum atomic E-state index is -3.46. The molecule has 1 saturated heterocycles. The number of carbonyl (C=O) groups excluding carboxylic acids is 2. The number of rotatable bonds is 8. The summed E-state index contributed by atoms with van der Waals surface area (Å²) in [5, 5.41) is 11.4. The molecule has 1 aliphatic carbocycles. The Hall–Kier alpha value is -3.56. The number of pyridine rings is 1. The molecule has 1 aromatic heterocycles. The molecule has 0 bridgehead atoms. The van der Waals surface area contributed by atoms with E-state index in [1.165, 1.54) is 33.7 Å². The number of amides is 2. The number of hydrogen-bond donors (Lipinski definition) is 1. The number of aromatic nitrogens is 1. The van der Waals surface area contributed by atoms with Crippen LogP contribution in [0.25, 0.3) is 0 Å². The van der Waals surface area contributed by atoms with E-state index in [4.69, 9.17) is 10.00 Å². The molecule has 1 aromatic carbocycles. The molecule has 0 unspecified atom stereocenters. The van der Waals surface area contributed by atoms with Crippen molar-refractivity contribution in [1.29, 1.82) is 5.26 Å². The number of carbonyl (C=O) groups is 2. The van der Waals surface area contributed by atoms with Gasteiger partial charge in [-0.25, -0.2) is 12.8 Å². The summed E-state index contributed by atoms with van der Waals surface area (Å²) in [6, 6.07) is 8.33. The first kappa shape index (κ1) is 26.1. The van der Waals surface area contributed by atoms with E-state index in [-0.39, 0.29) is 48.8 Å². The van der Waals surface area contributed by atoms with Crippen molar-refractivity contribution >= 4 is 21.7 Å². The predicted molar refractivity (Wildman–Crippen MR) is 134 cm³/mol. The second kappa shape index (κ2) is 9.32. The second-order valence-corrected chi connectivity index (χ2v) is 13.1. The van der Waals surface area contributed by atoms with E-state index in [9.17, 15) is 27.2 Å². The van der Waals surface area contributed by atoms with Crippen LogP contribution in [0.4, 0.5) is 4.39 Å². The molecule has 2 amide bonds. The summed E-state index contributed by atoms with van der Waals surface area (Å²) >= 11 is 0. The molecule has 3 heterocycles. The van der Waals surface area contributed by atoms with Crippen LogP contribution in [0.1, 0.15) is 51.7 Å². The molecule has 5 rings (SSSR count). The van der Waals surface area contributed by atoms with Crippen LogP contribution in [0.2, 0.25) is 0 Å². The zero-order valence-corrected chi connectivity index (χ0v) is 21.6. The number of sulfone groups is 1. The Bertz CT molecular complexity index is 1540. The van der Waals surface area contributed by atoms with Gasteiger partial charge in [-0.05, 0) is 42.7 Å². The van der Waals surface area contributed by atoms with Gasteiger partial charge in [-0.2, -0.15) is 5.26 Å². The van der Waals surface area contributed by atoms with Gasteiger partial charge >= 0.3 is 0 Å². The van der Waals surface area contributed by atoms with E-state index < -0.39 is 43.2 Å². The van der Waals surface area contributed by atoms with E-state index in [0.29, 0.717) is 31.6 Å². The molecule has 0 radical (unpaired) electrons. The number of ether oxygens (including phenoxy) is 1. The van der Waals surface area contributed by atoms with Crippen LogP contribution >= 0.6 is 0 Å². The van der Waals surface area contributed by atoms with Crippen LogP contribution in [-0.4, -0.2) is 66.5 Å². The molecule has 0 atom stereocenters. The Kier molecular flexibility index (Phi) is 6.39. The fraction of sp³-hybridized carbons (Fsp3) is 0.462. The third kappa shape index (κ3) is 4.61. The minimum Gasteiger partial charge on any atom is -0.380 e. The summed E-state index contributed by atoms with van der Waals surface area (Å²) in [5.74, 6) is -1.82.